The summed E-state index contributed by atoms with van der Waals surface area (Å²) in [4.78, 5) is 14.4. The van der Waals surface area contributed by atoms with Gasteiger partial charge >= 0.3 is 0 Å². The molecule has 1 aromatic rings. The lowest BCUT2D eigenvalue weighted by Crippen LogP contribution is -2.33. The largest absolute Gasteiger partial charge is 0.382 e. The lowest BCUT2D eigenvalue weighted by molar-refractivity contribution is 0.226. The van der Waals surface area contributed by atoms with Gasteiger partial charge in [0.1, 0.15) is 4.47 Å². The molecule has 0 radical (unpaired) electrons. The molecule has 1 fully saturated rings. The molecule has 1 saturated heterocycles. The van der Waals surface area contributed by atoms with Crippen molar-refractivity contribution in [1.82, 2.24) is 14.7 Å². The molecular weight excluding hydrogens is 320 g/mol. The van der Waals surface area contributed by atoms with Gasteiger partial charge in [-0.3, -0.25) is 4.79 Å². The van der Waals surface area contributed by atoms with Crippen LogP contribution in [0.3, 0.4) is 0 Å². The van der Waals surface area contributed by atoms with E-state index < -0.39 is 0 Å². The van der Waals surface area contributed by atoms with Crippen LogP contribution in [-0.2, 0) is 6.54 Å². The van der Waals surface area contributed by atoms with E-state index in [2.05, 4.69) is 44.9 Å². The monoisotopic (exact) mass is 340 g/mol. The Labute approximate surface area is 127 Å². The summed E-state index contributed by atoms with van der Waals surface area (Å²) >= 11 is 3.36. The average Bonchev–Trinajstić information content (AvgIpc) is 2.45. The third kappa shape index (κ3) is 3.70. The summed E-state index contributed by atoms with van der Waals surface area (Å²) in [5.41, 5.74) is 0.646. The van der Waals surface area contributed by atoms with Gasteiger partial charge in [0.15, 0.2) is 0 Å². The third-order valence-corrected chi connectivity index (χ3v) is 4.47. The smallest absolute Gasteiger partial charge is 0.283 e. The van der Waals surface area contributed by atoms with E-state index in [1.807, 2.05) is 0 Å². The zero-order valence-corrected chi connectivity index (χ0v) is 13.4. The van der Waals surface area contributed by atoms with Crippen LogP contribution < -0.4 is 10.9 Å². The van der Waals surface area contributed by atoms with E-state index in [0.29, 0.717) is 16.9 Å². The van der Waals surface area contributed by atoms with E-state index in [4.69, 9.17) is 0 Å². The fourth-order valence-electron chi connectivity index (χ4n) is 2.36. The van der Waals surface area contributed by atoms with Crippen molar-refractivity contribution in [2.45, 2.75) is 19.4 Å². The molecule has 0 spiro atoms. The van der Waals surface area contributed by atoms with Crippen molar-refractivity contribution in [3.63, 3.8) is 0 Å². The Morgan fingerprint density at radius 2 is 2.25 bits per heavy atom. The summed E-state index contributed by atoms with van der Waals surface area (Å²) in [5.74, 6) is 0.661. The maximum Gasteiger partial charge on any atom is 0.283 e. The van der Waals surface area contributed by atoms with E-state index in [1.54, 1.807) is 12.3 Å². The van der Waals surface area contributed by atoms with Crippen molar-refractivity contribution < 1.29 is 0 Å². The molecule has 0 saturated carbocycles. The Hall–Kier alpha value is -1.14. The molecule has 0 amide bonds. The number of nitrogens with zero attached hydrogens (tertiary/aromatic N) is 3. The van der Waals surface area contributed by atoms with Crippen molar-refractivity contribution >= 4 is 21.6 Å². The first-order chi connectivity index (χ1) is 9.61. The molecule has 0 atom stereocenters. The fraction of sp³-hybridized carbons (Fsp3) is 0.571. The number of anilines is 1. The second-order valence-electron chi connectivity index (χ2n) is 5.28. The van der Waals surface area contributed by atoms with Crippen LogP contribution in [0.2, 0.25) is 0 Å². The molecule has 1 N–H and O–H groups in total. The maximum absolute atomic E-state index is 12.0. The lowest BCUT2D eigenvalue weighted by atomic mass is 9.97. The molecule has 6 heteroatoms. The third-order valence-electron chi connectivity index (χ3n) is 3.71. The Bertz CT molecular complexity index is 520. The SMILES string of the molecule is C=CCn1ncc(NCC2CCN(C)CC2)c(Br)c1=O. The van der Waals surface area contributed by atoms with E-state index >= 15 is 0 Å². The second kappa shape index (κ2) is 7.04. The minimum atomic E-state index is -0.127. The predicted molar refractivity (Wildman–Crippen MR) is 85.1 cm³/mol. The van der Waals surface area contributed by atoms with Crippen LogP contribution in [0.15, 0.2) is 28.1 Å². The molecule has 0 aromatic carbocycles. The molecule has 20 heavy (non-hydrogen) atoms. The van der Waals surface area contributed by atoms with Crippen LogP contribution in [0, 0.1) is 5.92 Å². The van der Waals surface area contributed by atoms with Crippen molar-refractivity contribution in [3.8, 4) is 0 Å². The predicted octanol–water partition coefficient (Wildman–Crippen LogP) is 1.95. The van der Waals surface area contributed by atoms with Crippen LogP contribution in [0.25, 0.3) is 0 Å². The summed E-state index contributed by atoms with van der Waals surface area (Å²) < 4.78 is 1.93. The highest BCUT2D eigenvalue weighted by Crippen LogP contribution is 2.20. The minimum Gasteiger partial charge on any atom is -0.382 e. The highest BCUT2D eigenvalue weighted by atomic mass is 79.9. The number of hydrogen-bond donors (Lipinski definition) is 1. The van der Waals surface area contributed by atoms with Crippen LogP contribution in [0.1, 0.15) is 12.8 Å². The van der Waals surface area contributed by atoms with Crippen LogP contribution in [0.5, 0.6) is 0 Å². The Kier molecular flexibility index (Phi) is 5.37. The molecule has 5 nitrogen and oxygen atoms in total. The highest BCUT2D eigenvalue weighted by Gasteiger charge is 2.17. The maximum atomic E-state index is 12.0. The molecule has 110 valence electrons. The van der Waals surface area contributed by atoms with Gasteiger partial charge in [0.25, 0.3) is 5.56 Å². The first-order valence-electron chi connectivity index (χ1n) is 6.90. The fourth-order valence-corrected chi connectivity index (χ4v) is 2.81. The summed E-state index contributed by atoms with van der Waals surface area (Å²) in [6, 6.07) is 0. The van der Waals surface area contributed by atoms with Crippen molar-refractivity contribution in [2.75, 3.05) is 32.0 Å². The van der Waals surface area contributed by atoms with E-state index in [1.165, 1.54) is 17.5 Å². The van der Waals surface area contributed by atoms with Crippen molar-refractivity contribution in [1.29, 1.82) is 0 Å². The van der Waals surface area contributed by atoms with Gasteiger partial charge < -0.3 is 10.2 Å². The zero-order valence-electron chi connectivity index (χ0n) is 11.8. The summed E-state index contributed by atoms with van der Waals surface area (Å²) in [7, 11) is 2.16. The standard InChI is InChI=1S/C14H21BrN4O/c1-3-6-19-14(20)13(15)12(10-17-19)16-9-11-4-7-18(2)8-5-11/h3,10-11,16H,1,4-9H2,2H3. The van der Waals surface area contributed by atoms with Crippen LogP contribution >= 0.6 is 15.9 Å². The number of aromatic nitrogens is 2. The van der Waals surface area contributed by atoms with Gasteiger partial charge in [0.2, 0.25) is 0 Å². The van der Waals surface area contributed by atoms with Crippen LogP contribution in [-0.4, -0.2) is 41.4 Å². The number of piperidine rings is 1. The molecule has 1 aromatic heterocycles. The molecule has 0 bridgehead atoms. The van der Waals surface area contributed by atoms with Gasteiger partial charge in [0.05, 0.1) is 18.4 Å². The molecule has 1 aliphatic heterocycles. The number of hydrogen-bond acceptors (Lipinski definition) is 4. The van der Waals surface area contributed by atoms with Gasteiger partial charge in [-0.15, -0.1) is 6.58 Å². The van der Waals surface area contributed by atoms with Gasteiger partial charge in [-0.25, -0.2) is 4.68 Å². The topological polar surface area (TPSA) is 50.2 Å². The van der Waals surface area contributed by atoms with E-state index in [0.717, 1.165) is 25.3 Å². The molecule has 0 aliphatic carbocycles. The summed E-state index contributed by atoms with van der Waals surface area (Å²) in [5, 5.41) is 7.48. The van der Waals surface area contributed by atoms with E-state index in [9.17, 15) is 4.79 Å². The quantitative estimate of drug-likeness (QED) is 0.832. The van der Waals surface area contributed by atoms with Crippen molar-refractivity contribution in [3.05, 3.63) is 33.7 Å². The van der Waals surface area contributed by atoms with Gasteiger partial charge in [-0.1, -0.05) is 6.08 Å². The summed E-state index contributed by atoms with van der Waals surface area (Å²) in [6.07, 6.45) is 5.75. The summed E-state index contributed by atoms with van der Waals surface area (Å²) in [6.45, 7) is 7.22. The first-order valence-corrected chi connectivity index (χ1v) is 7.70. The number of nitrogens with one attached hydrogen (secondary N) is 1. The normalized spacial score (nSPS) is 17.1. The average molecular weight is 341 g/mol. The molecule has 2 heterocycles. The van der Waals surface area contributed by atoms with Crippen LogP contribution in [0.4, 0.5) is 5.69 Å². The number of likely N-dealkylation sites (tertiary alicyclic amines) is 1. The molecule has 1 aliphatic rings. The van der Waals surface area contributed by atoms with Gasteiger partial charge in [-0.2, -0.15) is 5.10 Å². The van der Waals surface area contributed by atoms with Gasteiger partial charge in [-0.05, 0) is 54.8 Å². The highest BCUT2D eigenvalue weighted by molar-refractivity contribution is 9.10. The second-order valence-corrected chi connectivity index (χ2v) is 6.07. The molecular formula is C14H21BrN4O. The van der Waals surface area contributed by atoms with Gasteiger partial charge in [0, 0.05) is 6.54 Å². The Morgan fingerprint density at radius 3 is 2.90 bits per heavy atom. The minimum absolute atomic E-state index is 0.127. The van der Waals surface area contributed by atoms with E-state index in [-0.39, 0.29) is 5.56 Å². The number of allylic oxidation sites excluding steroid dienone is 1. The Balaban J connectivity index is 1.98. The molecule has 0 unspecified atom stereocenters. The number of rotatable bonds is 5. The number of halogens is 1. The lowest BCUT2D eigenvalue weighted by Gasteiger charge is -2.29. The Morgan fingerprint density at radius 1 is 1.55 bits per heavy atom. The zero-order chi connectivity index (χ0) is 14.5. The van der Waals surface area contributed by atoms with Crippen molar-refractivity contribution in [2.24, 2.45) is 5.92 Å². The first kappa shape index (κ1) is 15.3. The molecule has 2 rings (SSSR count).